The van der Waals surface area contributed by atoms with Crippen molar-refractivity contribution in [3.8, 4) is 5.69 Å². The summed E-state index contributed by atoms with van der Waals surface area (Å²) in [4.78, 5) is 0. The monoisotopic (exact) mass is 335 g/mol. The molecule has 0 aliphatic heterocycles. The summed E-state index contributed by atoms with van der Waals surface area (Å²) in [6, 6.07) is 14.1. The third kappa shape index (κ3) is 1.78. The second kappa shape index (κ2) is 4.03. The van der Waals surface area contributed by atoms with Crippen molar-refractivity contribution in [1.29, 1.82) is 0 Å². The summed E-state index contributed by atoms with van der Waals surface area (Å²) >= 11 is 2.25. The van der Waals surface area contributed by atoms with Crippen LogP contribution in [-0.4, -0.2) is 9.78 Å². The van der Waals surface area contributed by atoms with Gasteiger partial charge in [-0.1, -0.05) is 18.2 Å². The second-order valence-corrected chi connectivity index (χ2v) is 5.06. The summed E-state index contributed by atoms with van der Waals surface area (Å²) in [6.45, 7) is 0. The standard InChI is InChI=1S/C13H10IN3/c14-10-5-6-13(11(15)7-10)17-12-4-2-1-3-9(12)8-16-17/h1-8H,15H2. The van der Waals surface area contributed by atoms with Crippen LogP contribution < -0.4 is 5.73 Å². The third-order valence-electron chi connectivity index (χ3n) is 2.69. The molecule has 84 valence electrons. The maximum absolute atomic E-state index is 6.04. The number of para-hydroxylation sites is 1. The molecule has 0 spiro atoms. The number of rotatable bonds is 1. The van der Waals surface area contributed by atoms with Crippen LogP contribution in [0.3, 0.4) is 0 Å². The fourth-order valence-corrected chi connectivity index (χ4v) is 2.40. The summed E-state index contributed by atoms with van der Waals surface area (Å²) < 4.78 is 3.00. The fourth-order valence-electron chi connectivity index (χ4n) is 1.88. The lowest BCUT2D eigenvalue weighted by Gasteiger charge is -2.07. The van der Waals surface area contributed by atoms with Gasteiger partial charge in [0.25, 0.3) is 0 Å². The minimum atomic E-state index is 0.741. The molecule has 0 saturated carbocycles. The van der Waals surface area contributed by atoms with Crippen molar-refractivity contribution in [2.75, 3.05) is 5.73 Å². The van der Waals surface area contributed by atoms with E-state index in [1.54, 1.807) is 0 Å². The lowest BCUT2D eigenvalue weighted by atomic mass is 10.2. The second-order valence-electron chi connectivity index (χ2n) is 3.82. The van der Waals surface area contributed by atoms with Crippen LogP contribution in [0.15, 0.2) is 48.7 Å². The average Bonchev–Trinajstić information content (AvgIpc) is 2.73. The highest BCUT2D eigenvalue weighted by molar-refractivity contribution is 14.1. The van der Waals surface area contributed by atoms with Gasteiger partial charge < -0.3 is 5.73 Å². The number of nitrogen functional groups attached to an aromatic ring is 1. The maximum Gasteiger partial charge on any atom is 0.0882 e. The first-order valence-corrected chi connectivity index (χ1v) is 6.32. The maximum atomic E-state index is 6.04. The molecule has 3 rings (SSSR count). The molecule has 4 heteroatoms. The Morgan fingerprint density at radius 2 is 1.94 bits per heavy atom. The zero-order valence-electron chi connectivity index (χ0n) is 8.97. The number of anilines is 1. The van der Waals surface area contributed by atoms with Gasteiger partial charge in [-0.2, -0.15) is 5.10 Å². The zero-order chi connectivity index (χ0) is 11.8. The Balaban J connectivity index is 2.27. The third-order valence-corrected chi connectivity index (χ3v) is 3.37. The average molecular weight is 335 g/mol. The molecule has 0 saturated heterocycles. The van der Waals surface area contributed by atoms with Crippen LogP contribution in [0.2, 0.25) is 0 Å². The van der Waals surface area contributed by atoms with E-state index >= 15 is 0 Å². The van der Waals surface area contributed by atoms with Gasteiger partial charge in [0.05, 0.1) is 23.1 Å². The fraction of sp³-hybridized carbons (Fsp3) is 0. The molecule has 0 aliphatic rings. The van der Waals surface area contributed by atoms with Crippen molar-refractivity contribution >= 4 is 39.2 Å². The Hall–Kier alpha value is -1.56. The first-order chi connectivity index (χ1) is 8.25. The molecule has 0 unspecified atom stereocenters. The van der Waals surface area contributed by atoms with Gasteiger partial charge in [-0.05, 0) is 46.9 Å². The Bertz CT molecular complexity index is 688. The summed E-state index contributed by atoms with van der Waals surface area (Å²) in [6.07, 6.45) is 1.85. The molecule has 0 radical (unpaired) electrons. The van der Waals surface area contributed by atoms with E-state index in [0.717, 1.165) is 25.8 Å². The molecule has 0 fully saturated rings. The summed E-state index contributed by atoms with van der Waals surface area (Å²) in [5.74, 6) is 0. The number of nitrogens with two attached hydrogens (primary N) is 1. The molecule has 2 N–H and O–H groups in total. The first-order valence-electron chi connectivity index (χ1n) is 5.24. The van der Waals surface area contributed by atoms with Crippen molar-refractivity contribution < 1.29 is 0 Å². The predicted octanol–water partition coefficient (Wildman–Crippen LogP) is 3.21. The number of halogens is 1. The van der Waals surface area contributed by atoms with Crippen LogP contribution in [0, 0.1) is 3.57 Å². The first kappa shape index (κ1) is 10.6. The Labute approximate surface area is 112 Å². The SMILES string of the molecule is Nc1cc(I)ccc1-n1ncc2ccccc21. The molecule has 3 nitrogen and oxygen atoms in total. The van der Waals surface area contributed by atoms with Gasteiger partial charge in [0.2, 0.25) is 0 Å². The molecule has 0 bridgehead atoms. The topological polar surface area (TPSA) is 43.8 Å². The van der Waals surface area contributed by atoms with Crippen molar-refractivity contribution in [2.45, 2.75) is 0 Å². The highest BCUT2D eigenvalue weighted by Gasteiger charge is 2.07. The van der Waals surface area contributed by atoms with Crippen LogP contribution >= 0.6 is 22.6 Å². The van der Waals surface area contributed by atoms with Gasteiger partial charge >= 0.3 is 0 Å². The molecule has 2 aromatic carbocycles. The summed E-state index contributed by atoms with van der Waals surface area (Å²) in [7, 11) is 0. The number of benzene rings is 2. The Morgan fingerprint density at radius 1 is 1.12 bits per heavy atom. The summed E-state index contributed by atoms with van der Waals surface area (Å²) in [5.41, 5.74) is 8.77. The van der Waals surface area contributed by atoms with Gasteiger partial charge in [-0.15, -0.1) is 0 Å². The lowest BCUT2D eigenvalue weighted by Crippen LogP contribution is -2.01. The normalized spacial score (nSPS) is 10.9. The largest absolute Gasteiger partial charge is 0.397 e. The number of nitrogens with zero attached hydrogens (tertiary/aromatic N) is 2. The van der Waals surface area contributed by atoms with Crippen molar-refractivity contribution in [2.24, 2.45) is 0 Å². The summed E-state index contributed by atoms with van der Waals surface area (Å²) in [5, 5.41) is 5.51. The van der Waals surface area contributed by atoms with E-state index < -0.39 is 0 Å². The predicted molar refractivity (Wildman–Crippen MR) is 78.2 cm³/mol. The van der Waals surface area contributed by atoms with Crippen LogP contribution in [-0.2, 0) is 0 Å². The van der Waals surface area contributed by atoms with E-state index in [1.165, 1.54) is 0 Å². The zero-order valence-corrected chi connectivity index (χ0v) is 11.1. The van der Waals surface area contributed by atoms with E-state index in [-0.39, 0.29) is 0 Å². The van der Waals surface area contributed by atoms with Crippen LogP contribution in [0.25, 0.3) is 16.6 Å². The van der Waals surface area contributed by atoms with Crippen molar-refractivity contribution in [3.05, 3.63) is 52.2 Å². The highest BCUT2D eigenvalue weighted by atomic mass is 127. The lowest BCUT2D eigenvalue weighted by molar-refractivity contribution is 0.913. The molecule has 1 heterocycles. The van der Waals surface area contributed by atoms with Crippen LogP contribution in [0.4, 0.5) is 5.69 Å². The van der Waals surface area contributed by atoms with Crippen LogP contribution in [0.1, 0.15) is 0 Å². The molecule has 3 aromatic rings. The minimum Gasteiger partial charge on any atom is -0.397 e. The molecule has 0 atom stereocenters. The highest BCUT2D eigenvalue weighted by Crippen LogP contribution is 2.23. The molecular formula is C13H10IN3. The number of hydrogen-bond acceptors (Lipinski definition) is 2. The molecule has 1 aromatic heterocycles. The molecule has 17 heavy (non-hydrogen) atoms. The van der Waals surface area contributed by atoms with Crippen molar-refractivity contribution in [3.63, 3.8) is 0 Å². The quantitative estimate of drug-likeness (QED) is 0.548. The van der Waals surface area contributed by atoms with E-state index in [1.807, 2.05) is 53.3 Å². The van der Waals surface area contributed by atoms with Gasteiger partial charge in [0, 0.05) is 8.96 Å². The van der Waals surface area contributed by atoms with Crippen LogP contribution in [0.5, 0.6) is 0 Å². The Kier molecular flexibility index (Phi) is 2.51. The molecule has 0 aliphatic carbocycles. The number of fused-ring (bicyclic) bond motifs is 1. The van der Waals surface area contributed by atoms with E-state index in [9.17, 15) is 0 Å². The number of hydrogen-bond donors (Lipinski definition) is 1. The van der Waals surface area contributed by atoms with Crippen molar-refractivity contribution in [1.82, 2.24) is 9.78 Å². The Morgan fingerprint density at radius 3 is 2.76 bits per heavy atom. The van der Waals surface area contributed by atoms with Gasteiger partial charge in [0.1, 0.15) is 0 Å². The van der Waals surface area contributed by atoms with E-state index in [2.05, 4.69) is 27.7 Å². The van der Waals surface area contributed by atoms with E-state index in [4.69, 9.17) is 5.73 Å². The van der Waals surface area contributed by atoms with Gasteiger partial charge in [-0.3, -0.25) is 0 Å². The van der Waals surface area contributed by atoms with Gasteiger partial charge in [-0.25, -0.2) is 4.68 Å². The molecular weight excluding hydrogens is 325 g/mol. The number of aromatic nitrogens is 2. The van der Waals surface area contributed by atoms with E-state index in [0.29, 0.717) is 0 Å². The van der Waals surface area contributed by atoms with Gasteiger partial charge in [0.15, 0.2) is 0 Å². The molecule has 0 amide bonds. The smallest absolute Gasteiger partial charge is 0.0882 e. The minimum absolute atomic E-state index is 0.741.